The Bertz CT molecular complexity index is 1940. The molecule has 0 radical (unpaired) electrons. The van der Waals surface area contributed by atoms with Crippen molar-refractivity contribution in [3.05, 3.63) is 0 Å². The minimum absolute atomic E-state index is 0.109. The molecular weight excluding hydrogens is 1330 g/mol. The Morgan fingerprint density at radius 3 is 0.667 bits per heavy atom. The van der Waals surface area contributed by atoms with E-state index in [0.29, 0.717) is 25.7 Å². The van der Waals surface area contributed by atoms with E-state index in [-0.39, 0.29) is 25.7 Å². The fraction of sp³-hybridized carbons (Fsp3) is 0.952. The second-order valence-corrected chi connectivity index (χ2v) is 33.3. The summed E-state index contributed by atoms with van der Waals surface area (Å²) in [5.41, 5.74) is 0. The molecule has 102 heavy (non-hydrogen) atoms. The molecule has 0 aliphatic rings. The first kappa shape index (κ1) is 100. The Morgan fingerprint density at radius 2 is 0.451 bits per heavy atom. The van der Waals surface area contributed by atoms with Gasteiger partial charge in [-0.3, -0.25) is 37.3 Å². The van der Waals surface area contributed by atoms with Crippen molar-refractivity contribution in [3.63, 3.8) is 0 Å². The number of phosphoric ester groups is 2. The minimum Gasteiger partial charge on any atom is -0.462 e. The Hall–Kier alpha value is -1.94. The topological polar surface area (TPSA) is 237 Å². The SMILES string of the molecule is CCCCCCCCCCCCCCCCCCCCC(=O)OC[C@H](COP(=O)(O)OC[C@@H](O)COP(=O)(O)OC[C@@H](COC(=O)CCCCCCCCCCCCCC)OC(=O)CCCCCCCCCCCCCCCC)OC(=O)CCCCCCCCCCCCCCCCCC(C)C. The molecule has 0 aliphatic heterocycles. The van der Waals surface area contributed by atoms with Gasteiger partial charge in [-0.05, 0) is 31.6 Å². The van der Waals surface area contributed by atoms with Crippen molar-refractivity contribution in [2.75, 3.05) is 39.6 Å². The van der Waals surface area contributed by atoms with Crippen LogP contribution in [0.3, 0.4) is 0 Å². The fourth-order valence-corrected chi connectivity index (χ4v) is 14.5. The molecule has 0 heterocycles. The molecule has 0 bridgehead atoms. The van der Waals surface area contributed by atoms with E-state index < -0.39 is 97.5 Å². The van der Waals surface area contributed by atoms with Crippen molar-refractivity contribution in [1.82, 2.24) is 0 Å². The van der Waals surface area contributed by atoms with Gasteiger partial charge in [0.1, 0.15) is 19.3 Å². The van der Waals surface area contributed by atoms with Crippen LogP contribution in [0.5, 0.6) is 0 Å². The third-order valence-corrected chi connectivity index (χ3v) is 21.4. The molecule has 606 valence electrons. The molecule has 0 saturated heterocycles. The van der Waals surface area contributed by atoms with Gasteiger partial charge in [0.2, 0.25) is 0 Å². The first-order valence-corrected chi connectivity index (χ1v) is 46.1. The predicted octanol–water partition coefficient (Wildman–Crippen LogP) is 25.2. The van der Waals surface area contributed by atoms with Gasteiger partial charge >= 0.3 is 39.5 Å². The van der Waals surface area contributed by atoms with Crippen LogP contribution in [0, 0.1) is 5.92 Å². The van der Waals surface area contributed by atoms with Gasteiger partial charge in [-0.1, -0.05) is 394 Å². The number of hydrogen-bond donors (Lipinski definition) is 3. The van der Waals surface area contributed by atoms with Crippen LogP contribution in [0.1, 0.15) is 446 Å². The average molecular weight is 1490 g/mol. The summed E-state index contributed by atoms with van der Waals surface area (Å²) in [5, 5.41) is 10.7. The summed E-state index contributed by atoms with van der Waals surface area (Å²) in [6.07, 6.45) is 67.8. The molecule has 0 fully saturated rings. The van der Waals surface area contributed by atoms with Crippen LogP contribution >= 0.6 is 15.6 Å². The van der Waals surface area contributed by atoms with Gasteiger partial charge in [0.15, 0.2) is 12.2 Å². The van der Waals surface area contributed by atoms with Crippen LogP contribution in [0.2, 0.25) is 0 Å². The number of aliphatic hydroxyl groups excluding tert-OH is 1. The first-order chi connectivity index (χ1) is 49.5. The molecule has 3 N–H and O–H groups in total. The van der Waals surface area contributed by atoms with Crippen molar-refractivity contribution in [1.29, 1.82) is 0 Å². The molecule has 17 nitrogen and oxygen atoms in total. The second-order valence-electron chi connectivity index (χ2n) is 30.3. The normalized spacial score (nSPS) is 13.8. The molecule has 0 saturated carbocycles. The molecule has 0 rings (SSSR count). The third kappa shape index (κ3) is 76.3. The number of carbonyl (C=O) groups excluding carboxylic acids is 4. The van der Waals surface area contributed by atoms with E-state index in [0.717, 1.165) is 95.8 Å². The maximum Gasteiger partial charge on any atom is 0.472 e. The monoisotopic (exact) mass is 1490 g/mol. The Kier molecular flexibility index (Phi) is 74.4. The zero-order valence-electron chi connectivity index (χ0n) is 66.8. The average Bonchev–Trinajstić information content (AvgIpc) is 0.917. The van der Waals surface area contributed by atoms with E-state index in [2.05, 4.69) is 34.6 Å². The molecule has 5 atom stereocenters. The smallest absolute Gasteiger partial charge is 0.462 e. The number of ether oxygens (including phenoxy) is 4. The van der Waals surface area contributed by atoms with Crippen LogP contribution in [0.4, 0.5) is 0 Å². The van der Waals surface area contributed by atoms with Crippen molar-refractivity contribution in [2.45, 2.75) is 464 Å². The standard InChI is InChI=1S/C83H162O17P2/c1-6-9-12-15-18-21-24-27-29-30-31-34-38-42-47-52-57-62-67-81(86)94-73-79(100-83(88)69-64-59-54-49-44-39-35-32-33-36-40-45-50-55-60-65-76(4)5)75-98-102(91,92)96-71-77(84)70-95-101(89,90)97-74-78(72-93-80(85)66-61-56-51-46-41-26-23-20-17-14-11-8-3)99-82(87)68-63-58-53-48-43-37-28-25-22-19-16-13-10-7-2/h76-79,84H,6-75H2,1-5H3,(H,89,90)(H,91,92)/t77-,78+,79+/m0/s1. The number of unbranched alkanes of at least 4 members (excludes halogenated alkanes) is 55. The van der Waals surface area contributed by atoms with Gasteiger partial charge in [-0.15, -0.1) is 0 Å². The largest absolute Gasteiger partial charge is 0.472 e. The van der Waals surface area contributed by atoms with Gasteiger partial charge < -0.3 is 33.8 Å². The lowest BCUT2D eigenvalue weighted by Crippen LogP contribution is -2.30. The molecule has 0 amide bonds. The number of phosphoric acid groups is 2. The van der Waals surface area contributed by atoms with Gasteiger partial charge in [-0.25, -0.2) is 9.13 Å². The summed E-state index contributed by atoms with van der Waals surface area (Å²) in [5.74, 6) is -1.30. The summed E-state index contributed by atoms with van der Waals surface area (Å²) in [7, 11) is -9.92. The van der Waals surface area contributed by atoms with Gasteiger partial charge in [0.25, 0.3) is 0 Å². The minimum atomic E-state index is -4.96. The van der Waals surface area contributed by atoms with E-state index in [1.54, 1.807) is 0 Å². The van der Waals surface area contributed by atoms with Crippen molar-refractivity contribution in [3.8, 4) is 0 Å². The highest BCUT2D eigenvalue weighted by atomic mass is 31.2. The van der Waals surface area contributed by atoms with E-state index in [4.69, 9.17) is 37.0 Å². The van der Waals surface area contributed by atoms with Gasteiger partial charge in [0.05, 0.1) is 26.4 Å². The van der Waals surface area contributed by atoms with Crippen molar-refractivity contribution in [2.24, 2.45) is 5.92 Å². The summed E-state index contributed by atoms with van der Waals surface area (Å²) < 4.78 is 68.8. The highest BCUT2D eigenvalue weighted by Gasteiger charge is 2.30. The van der Waals surface area contributed by atoms with Crippen LogP contribution in [-0.2, 0) is 65.4 Å². The highest BCUT2D eigenvalue weighted by molar-refractivity contribution is 7.47. The third-order valence-electron chi connectivity index (χ3n) is 19.5. The van der Waals surface area contributed by atoms with E-state index >= 15 is 0 Å². The van der Waals surface area contributed by atoms with Crippen LogP contribution in [-0.4, -0.2) is 96.7 Å². The molecule has 2 unspecified atom stereocenters. The number of aliphatic hydroxyl groups is 1. The summed E-state index contributed by atoms with van der Waals surface area (Å²) >= 11 is 0. The zero-order valence-corrected chi connectivity index (χ0v) is 68.5. The maximum absolute atomic E-state index is 13.1. The lowest BCUT2D eigenvalue weighted by molar-refractivity contribution is -0.161. The molecule has 0 aromatic carbocycles. The van der Waals surface area contributed by atoms with E-state index in [1.165, 1.54) is 270 Å². The molecule has 0 spiro atoms. The lowest BCUT2D eigenvalue weighted by Gasteiger charge is -2.21. The number of carbonyl (C=O) groups is 4. The summed E-state index contributed by atoms with van der Waals surface area (Å²) in [6, 6.07) is 0. The van der Waals surface area contributed by atoms with Gasteiger partial charge in [0, 0.05) is 25.7 Å². The predicted molar refractivity (Wildman–Crippen MR) is 418 cm³/mol. The Balaban J connectivity index is 5.25. The van der Waals surface area contributed by atoms with Crippen molar-refractivity contribution >= 4 is 39.5 Å². The molecule has 0 aromatic heterocycles. The van der Waals surface area contributed by atoms with Crippen LogP contribution < -0.4 is 0 Å². The molecular formula is C83H162O17P2. The second kappa shape index (κ2) is 75.9. The van der Waals surface area contributed by atoms with E-state index in [9.17, 15) is 43.2 Å². The quantitative estimate of drug-likeness (QED) is 0.0222. The Labute approximate surface area is 626 Å². The maximum atomic E-state index is 13.1. The number of hydrogen-bond acceptors (Lipinski definition) is 15. The van der Waals surface area contributed by atoms with Crippen molar-refractivity contribution < 1.29 is 80.2 Å². The molecule has 19 heteroatoms. The number of rotatable bonds is 83. The fourth-order valence-electron chi connectivity index (χ4n) is 12.9. The summed E-state index contributed by atoms with van der Waals surface area (Å²) in [4.78, 5) is 73.1. The first-order valence-electron chi connectivity index (χ1n) is 43.1. The van der Waals surface area contributed by atoms with E-state index in [1.807, 2.05) is 0 Å². The number of esters is 4. The molecule has 0 aliphatic carbocycles. The van der Waals surface area contributed by atoms with Crippen LogP contribution in [0.25, 0.3) is 0 Å². The Morgan fingerprint density at radius 1 is 0.265 bits per heavy atom. The van der Waals surface area contributed by atoms with Gasteiger partial charge in [-0.2, -0.15) is 0 Å². The molecule has 0 aromatic rings. The highest BCUT2D eigenvalue weighted by Crippen LogP contribution is 2.45. The lowest BCUT2D eigenvalue weighted by atomic mass is 10.0. The van der Waals surface area contributed by atoms with Crippen LogP contribution in [0.15, 0.2) is 0 Å². The summed E-state index contributed by atoms with van der Waals surface area (Å²) in [6.45, 7) is 7.38. The zero-order chi connectivity index (χ0) is 74.8.